The Morgan fingerprint density at radius 2 is 1.71 bits per heavy atom. The van der Waals surface area contributed by atoms with Crippen molar-refractivity contribution in [3.8, 4) is 5.75 Å². The van der Waals surface area contributed by atoms with Crippen LogP contribution >= 0.6 is 0 Å². The quantitative estimate of drug-likeness (QED) is 0.834. The predicted octanol–water partition coefficient (Wildman–Crippen LogP) is 2.06. The summed E-state index contributed by atoms with van der Waals surface area (Å²) >= 11 is 0. The standard InChI is InChI=1S/C14H21F2NO3S/c1-9(2)21(18,19)5-4-20-14-12(15)7-11(6-10(3)17)8-13(14)16/h7-10H,4-6,17H2,1-3H3. The van der Waals surface area contributed by atoms with Gasteiger partial charge in [0.2, 0.25) is 0 Å². The van der Waals surface area contributed by atoms with Crippen LogP contribution in [0.2, 0.25) is 0 Å². The number of ether oxygens (including phenoxy) is 1. The van der Waals surface area contributed by atoms with Crippen molar-refractivity contribution in [3.63, 3.8) is 0 Å². The molecule has 1 unspecified atom stereocenters. The van der Waals surface area contributed by atoms with E-state index in [2.05, 4.69) is 0 Å². The number of hydrogen-bond donors (Lipinski definition) is 1. The Balaban J connectivity index is 2.77. The first kappa shape index (κ1) is 17.8. The molecule has 0 heterocycles. The van der Waals surface area contributed by atoms with E-state index in [0.717, 1.165) is 12.1 Å². The third-order valence-electron chi connectivity index (χ3n) is 2.95. The average Bonchev–Trinajstić information content (AvgIpc) is 2.31. The van der Waals surface area contributed by atoms with Gasteiger partial charge in [-0.3, -0.25) is 0 Å². The van der Waals surface area contributed by atoms with Crippen LogP contribution in [0.25, 0.3) is 0 Å². The van der Waals surface area contributed by atoms with Crippen LogP contribution in [0, 0.1) is 11.6 Å². The van der Waals surface area contributed by atoms with Crippen molar-refractivity contribution in [1.82, 2.24) is 0 Å². The van der Waals surface area contributed by atoms with Crippen LogP contribution in [-0.4, -0.2) is 32.1 Å². The molecule has 0 spiro atoms. The topological polar surface area (TPSA) is 69.4 Å². The van der Waals surface area contributed by atoms with Gasteiger partial charge < -0.3 is 10.5 Å². The van der Waals surface area contributed by atoms with E-state index >= 15 is 0 Å². The van der Waals surface area contributed by atoms with Crippen LogP contribution in [0.3, 0.4) is 0 Å². The zero-order chi connectivity index (χ0) is 16.2. The Hall–Kier alpha value is -1.21. The first-order chi connectivity index (χ1) is 9.63. The second kappa shape index (κ2) is 7.17. The van der Waals surface area contributed by atoms with Crippen molar-refractivity contribution in [3.05, 3.63) is 29.3 Å². The number of halogens is 2. The third-order valence-corrected chi connectivity index (χ3v) is 5.12. The maximum Gasteiger partial charge on any atom is 0.190 e. The van der Waals surface area contributed by atoms with Crippen LogP contribution in [0.4, 0.5) is 8.78 Å². The summed E-state index contributed by atoms with van der Waals surface area (Å²) in [6.07, 6.45) is 0.343. The third kappa shape index (κ3) is 5.24. The van der Waals surface area contributed by atoms with Gasteiger partial charge in [-0.15, -0.1) is 0 Å². The highest BCUT2D eigenvalue weighted by Gasteiger charge is 2.18. The predicted molar refractivity (Wildman–Crippen MR) is 78.1 cm³/mol. The summed E-state index contributed by atoms with van der Waals surface area (Å²) in [6.45, 7) is 4.52. The monoisotopic (exact) mass is 321 g/mol. The van der Waals surface area contributed by atoms with Crippen molar-refractivity contribution in [1.29, 1.82) is 0 Å². The van der Waals surface area contributed by atoms with E-state index in [9.17, 15) is 17.2 Å². The maximum absolute atomic E-state index is 13.8. The van der Waals surface area contributed by atoms with E-state index in [1.165, 1.54) is 0 Å². The lowest BCUT2D eigenvalue weighted by Crippen LogP contribution is -2.22. The summed E-state index contributed by atoms with van der Waals surface area (Å²) in [5, 5.41) is -0.552. The molecule has 1 atom stereocenters. The van der Waals surface area contributed by atoms with Gasteiger partial charge in [0.25, 0.3) is 0 Å². The number of nitrogens with two attached hydrogens (primary N) is 1. The number of rotatable bonds is 7. The maximum atomic E-state index is 13.8. The highest BCUT2D eigenvalue weighted by Crippen LogP contribution is 2.24. The van der Waals surface area contributed by atoms with E-state index in [1.807, 2.05) is 0 Å². The molecule has 1 rings (SSSR count). The number of sulfone groups is 1. The van der Waals surface area contributed by atoms with Gasteiger partial charge in [-0.1, -0.05) is 0 Å². The molecule has 0 amide bonds. The largest absolute Gasteiger partial charge is 0.487 e. The molecule has 0 aliphatic heterocycles. The Morgan fingerprint density at radius 3 is 2.14 bits per heavy atom. The van der Waals surface area contributed by atoms with E-state index in [0.29, 0.717) is 12.0 Å². The zero-order valence-electron chi connectivity index (χ0n) is 12.4. The molecular weight excluding hydrogens is 300 g/mol. The van der Waals surface area contributed by atoms with Gasteiger partial charge >= 0.3 is 0 Å². The van der Waals surface area contributed by atoms with Crippen LogP contribution < -0.4 is 10.5 Å². The van der Waals surface area contributed by atoms with Crippen LogP contribution in [0.15, 0.2) is 12.1 Å². The molecule has 4 nitrogen and oxygen atoms in total. The number of hydrogen-bond acceptors (Lipinski definition) is 4. The molecule has 21 heavy (non-hydrogen) atoms. The molecule has 1 aromatic carbocycles. The minimum absolute atomic E-state index is 0.216. The van der Waals surface area contributed by atoms with Gasteiger partial charge in [-0.05, 0) is 44.9 Å². The van der Waals surface area contributed by atoms with Gasteiger partial charge in [-0.25, -0.2) is 17.2 Å². The molecule has 0 saturated heterocycles. The van der Waals surface area contributed by atoms with E-state index in [-0.39, 0.29) is 18.4 Å². The van der Waals surface area contributed by atoms with E-state index < -0.39 is 32.5 Å². The van der Waals surface area contributed by atoms with Crippen molar-refractivity contribution in [2.75, 3.05) is 12.4 Å². The molecule has 1 aromatic rings. The molecule has 0 radical (unpaired) electrons. The van der Waals surface area contributed by atoms with Crippen molar-refractivity contribution in [2.45, 2.75) is 38.5 Å². The first-order valence-electron chi connectivity index (χ1n) is 6.71. The highest BCUT2D eigenvalue weighted by molar-refractivity contribution is 7.91. The molecule has 0 bridgehead atoms. The molecule has 7 heteroatoms. The fraction of sp³-hybridized carbons (Fsp3) is 0.571. The van der Waals surface area contributed by atoms with Gasteiger partial charge in [0.05, 0.1) is 11.0 Å². The number of benzene rings is 1. The molecular formula is C14H21F2NO3S. The molecule has 120 valence electrons. The van der Waals surface area contributed by atoms with Gasteiger partial charge in [0.15, 0.2) is 27.2 Å². The Kier molecular flexibility index (Phi) is 6.10. The first-order valence-corrected chi connectivity index (χ1v) is 8.43. The minimum Gasteiger partial charge on any atom is -0.487 e. The molecule has 0 fully saturated rings. The van der Waals surface area contributed by atoms with Crippen molar-refractivity contribution < 1.29 is 21.9 Å². The molecule has 2 N–H and O–H groups in total. The molecule has 0 aromatic heterocycles. The molecule has 0 saturated carbocycles. The van der Waals surface area contributed by atoms with Gasteiger partial charge in [-0.2, -0.15) is 0 Å². The smallest absolute Gasteiger partial charge is 0.190 e. The Bertz CT molecular complexity index is 563. The van der Waals surface area contributed by atoms with Crippen LogP contribution in [0.1, 0.15) is 26.3 Å². The molecule has 0 aliphatic rings. The lowest BCUT2D eigenvalue weighted by atomic mass is 10.1. The summed E-state index contributed by atoms with van der Waals surface area (Å²) in [4.78, 5) is 0. The summed E-state index contributed by atoms with van der Waals surface area (Å²) in [5.41, 5.74) is 6.01. The van der Waals surface area contributed by atoms with Crippen molar-refractivity contribution in [2.24, 2.45) is 5.73 Å². The zero-order valence-corrected chi connectivity index (χ0v) is 13.2. The molecule has 0 aliphatic carbocycles. The normalized spacial score (nSPS) is 13.5. The second-order valence-electron chi connectivity index (χ2n) is 5.33. The average molecular weight is 321 g/mol. The summed E-state index contributed by atoms with van der Waals surface area (Å²) < 4.78 is 55.7. The fourth-order valence-corrected chi connectivity index (χ4v) is 2.52. The van der Waals surface area contributed by atoms with Gasteiger partial charge in [0.1, 0.15) is 6.61 Å². The van der Waals surface area contributed by atoms with Crippen LogP contribution in [0.5, 0.6) is 5.75 Å². The fourth-order valence-electron chi connectivity index (χ4n) is 1.74. The Morgan fingerprint density at radius 1 is 1.19 bits per heavy atom. The van der Waals surface area contributed by atoms with Crippen molar-refractivity contribution >= 4 is 9.84 Å². The lowest BCUT2D eigenvalue weighted by Gasteiger charge is -2.12. The lowest BCUT2D eigenvalue weighted by molar-refractivity contribution is 0.303. The summed E-state index contributed by atoms with van der Waals surface area (Å²) in [5.74, 6) is -2.55. The second-order valence-corrected chi connectivity index (χ2v) is 8.01. The van der Waals surface area contributed by atoms with Gasteiger partial charge in [0, 0.05) is 6.04 Å². The highest BCUT2D eigenvalue weighted by atomic mass is 32.2. The SMILES string of the molecule is CC(N)Cc1cc(F)c(OCCS(=O)(=O)C(C)C)c(F)c1. The Labute approximate surface area is 124 Å². The summed E-state index contributed by atoms with van der Waals surface area (Å²) in [6, 6.07) is 2.09. The van der Waals surface area contributed by atoms with E-state index in [1.54, 1.807) is 20.8 Å². The van der Waals surface area contributed by atoms with E-state index in [4.69, 9.17) is 10.5 Å². The van der Waals surface area contributed by atoms with Crippen LogP contribution in [-0.2, 0) is 16.3 Å². The minimum atomic E-state index is -3.30. The summed E-state index contributed by atoms with van der Waals surface area (Å²) in [7, 11) is -3.30.